The lowest BCUT2D eigenvalue weighted by molar-refractivity contribution is -0.123. The Hall–Kier alpha value is -2.97. The minimum Gasteiger partial charge on any atom is -0.355 e. The molecule has 1 saturated heterocycles. The number of rotatable bonds is 3. The third-order valence-electron chi connectivity index (χ3n) is 5.88. The number of piperidine rings is 1. The van der Waals surface area contributed by atoms with Crippen molar-refractivity contribution in [2.45, 2.75) is 44.1 Å². The van der Waals surface area contributed by atoms with Gasteiger partial charge in [0.1, 0.15) is 11.8 Å². The number of aromatic amines is 1. The highest BCUT2D eigenvalue weighted by Crippen LogP contribution is 2.31. The molecule has 1 fully saturated rings. The van der Waals surface area contributed by atoms with Crippen molar-refractivity contribution in [3.8, 4) is 0 Å². The van der Waals surface area contributed by atoms with Crippen LogP contribution in [0.2, 0.25) is 0 Å². The normalized spacial score (nSPS) is 20.3. The van der Waals surface area contributed by atoms with Gasteiger partial charge in [0.15, 0.2) is 11.5 Å². The number of H-pyrrole nitrogens is 1. The van der Waals surface area contributed by atoms with E-state index in [1.165, 1.54) is 0 Å². The molecule has 0 aromatic carbocycles. The summed E-state index contributed by atoms with van der Waals surface area (Å²) in [5.41, 5.74) is 3.74. The lowest BCUT2D eigenvalue weighted by Crippen LogP contribution is -2.46. The molecule has 0 spiro atoms. The summed E-state index contributed by atoms with van der Waals surface area (Å²) in [6.45, 7) is 1.69. The Labute approximate surface area is 162 Å². The minimum absolute atomic E-state index is 0.0676. The molecule has 9 heteroatoms. The van der Waals surface area contributed by atoms with Gasteiger partial charge in [0.25, 0.3) is 0 Å². The Bertz CT molecular complexity index is 1000. The highest BCUT2D eigenvalue weighted by Gasteiger charge is 2.31. The van der Waals surface area contributed by atoms with Crippen LogP contribution >= 0.6 is 0 Å². The van der Waals surface area contributed by atoms with Crippen molar-refractivity contribution in [3.05, 3.63) is 30.1 Å². The number of aryl methyl sites for hydroxylation is 2. The third kappa shape index (κ3) is 3.00. The fraction of sp³-hybridized carbons (Fsp3) is 0.526. The van der Waals surface area contributed by atoms with E-state index in [1.807, 2.05) is 17.9 Å². The number of hydrogen-bond donors (Lipinski definition) is 2. The molecule has 2 N–H and O–H groups in total. The number of amides is 1. The van der Waals surface area contributed by atoms with Gasteiger partial charge in [0, 0.05) is 37.9 Å². The van der Waals surface area contributed by atoms with Crippen molar-refractivity contribution < 1.29 is 4.79 Å². The molecule has 0 saturated carbocycles. The van der Waals surface area contributed by atoms with E-state index in [-0.39, 0.29) is 17.9 Å². The first-order valence-corrected chi connectivity index (χ1v) is 9.91. The van der Waals surface area contributed by atoms with E-state index >= 15 is 0 Å². The Morgan fingerprint density at radius 2 is 2.07 bits per heavy atom. The molecular weight excluding hydrogens is 356 g/mol. The van der Waals surface area contributed by atoms with E-state index in [4.69, 9.17) is 0 Å². The zero-order valence-electron chi connectivity index (χ0n) is 15.9. The van der Waals surface area contributed by atoms with Crippen molar-refractivity contribution in [2.75, 3.05) is 18.0 Å². The standard InChI is InChI=1S/C19H24N8O/c1-26-9-14-13(3-2-4-15(14)25-26)19(28)24-12-5-7-27(8-6-12)18-16-17(21-10-20-16)22-11-23-18/h9-13H,2-8H2,1H3,(H,24,28)(H,20,21,22,23). The molecule has 0 radical (unpaired) electrons. The van der Waals surface area contributed by atoms with Crippen molar-refractivity contribution in [3.63, 3.8) is 0 Å². The lowest BCUT2D eigenvalue weighted by atomic mass is 9.86. The maximum absolute atomic E-state index is 12.9. The van der Waals surface area contributed by atoms with Crippen LogP contribution in [0.1, 0.15) is 42.9 Å². The predicted octanol–water partition coefficient (Wildman–Crippen LogP) is 1.29. The minimum atomic E-state index is -0.0676. The van der Waals surface area contributed by atoms with Crippen molar-refractivity contribution in [1.29, 1.82) is 0 Å². The summed E-state index contributed by atoms with van der Waals surface area (Å²) in [5.74, 6) is 0.965. The Balaban J connectivity index is 1.23. The van der Waals surface area contributed by atoms with Crippen molar-refractivity contribution in [1.82, 2.24) is 35.0 Å². The molecule has 146 valence electrons. The van der Waals surface area contributed by atoms with E-state index in [1.54, 1.807) is 12.7 Å². The van der Waals surface area contributed by atoms with Gasteiger partial charge in [-0.1, -0.05) is 0 Å². The van der Waals surface area contributed by atoms with E-state index in [2.05, 4.69) is 35.3 Å². The zero-order valence-corrected chi connectivity index (χ0v) is 15.9. The van der Waals surface area contributed by atoms with Gasteiger partial charge in [-0.15, -0.1) is 0 Å². The average molecular weight is 380 g/mol. The van der Waals surface area contributed by atoms with E-state index in [0.29, 0.717) is 5.65 Å². The number of carbonyl (C=O) groups excluding carboxylic acids is 1. The molecule has 1 atom stereocenters. The van der Waals surface area contributed by atoms with Gasteiger partial charge < -0.3 is 15.2 Å². The summed E-state index contributed by atoms with van der Waals surface area (Å²) in [5, 5.41) is 7.79. The molecule has 9 nitrogen and oxygen atoms in total. The summed E-state index contributed by atoms with van der Waals surface area (Å²) in [6.07, 6.45) is 9.91. The molecular formula is C19H24N8O. The number of hydrogen-bond acceptors (Lipinski definition) is 6. The van der Waals surface area contributed by atoms with Crippen LogP contribution in [0.4, 0.5) is 5.82 Å². The molecule has 1 aliphatic heterocycles. The van der Waals surface area contributed by atoms with Gasteiger partial charge in [-0.25, -0.2) is 15.0 Å². The quantitative estimate of drug-likeness (QED) is 0.709. The first-order chi connectivity index (χ1) is 13.7. The molecule has 4 heterocycles. The monoisotopic (exact) mass is 380 g/mol. The Kier molecular flexibility index (Phi) is 4.22. The Morgan fingerprint density at radius 3 is 2.93 bits per heavy atom. The topological polar surface area (TPSA) is 105 Å². The number of aromatic nitrogens is 6. The van der Waals surface area contributed by atoms with Crippen LogP contribution in [0.5, 0.6) is 0 Å². The highest BCUT2D eigenvalue weighted by molar-refractivity contribution is 5.85. The van der Waals surface area contributed by atoms with Gasteiger partial charge in [-0.2, -0.15) is 5.10 Å². The molecule has 5 rings (SSSR count). The fourth-order valence-electron chi connectivity index (χ4n) is 4.47. The van der Waals surface area contributed by atoms with E-state index in [9.17, 15) is 4.79 Å². The van der Waals surface area contributed by atoms with E-state index < -0.39 is 0 Å². The summed E-state index contributed by atoms with van der Waals surface area (Å²) >= 11 is 0. The number of fused-ring (bicyclic) bond motifs is 2. The summed E-state index contributed by atoms with van der Waals surface area (Å²) < 4.78 is 1.83. The first kappa shape index (κ1) is 17.2. The molecule has 1 aliphatic carbocycles. The van der Waals surface area contributed by atoms with Crippen molar-refractivity contribution in [2.24, 2.45) is 7.05 Å². The summed E-state index contributed by atoms with van der Waals surface area (Å²) in [7, 11) is 1.92. The molecule has 0 bridgehead atoms. The molecule has 28 heavy (non-hydrogen) atoms. The van der Waals surface area contributed by atoms with Crippen LogP contribution in [0.25, 0.3) is 11.2 Å². The van der Waals surface area contributed by atoms with Gasteiger partial charge in [-0.3, -0.25) is 9.48 Å². The lowest BCUT2D eigenvalue weighted by Gasteiger charge is -2.34. The summed E-state index contributed by atoms with van der Waals surface area (Å²) in [4.78, 5) is 31.1. The second-order valence-corrected chi connectivity index (χ2v) is 7.72. The van der Waals surface area contributed by atoms with Crippen LogP contribution in [-0.2, 0) is 18.3 Å². The maximum atomic E-state index is 12.9. The third-order valence-corrected chi connectivity index (χ3v) is 5.88. The number of nitrogens with one attached hydrogen (secondary N) is 2. The first-order valence-electron chi connectivity index (χ1n) is 9.91. The van der Waals surface area contributed by atoms with Gasteiger partial charge >= 0.3 is 0 Å². The van der Waals surface area contributed by atoms with Crippen LogP contribution in [0, 0.1) is 0 Å². The molecule has 2 aliphatic rings. The Morgan fingerprint density at radius 1 is 1.21 bits per heavy atom. The fourth-order valence-corrected chi connectivity index (χ4v) is 4.47. The number of imidazole rings is 1. The number of nitrogens with zero attached hydrogens (tertiary/aromatic N) is 6. The van der Waals surface area contributed by atoms with Crippen LogP contribution < -0.4 is 10.2 Å². The average Bonchev–Trinajstić information content (AvgIpc) is 3.33. The number of carbonyl (C=O) groups is 1. The van der Waals surface area contributed by atoms with Crippen LogP contribution in [0.15, 0.2) is 18.9 Å². The predicted molar refractivity (Wildman–Crippen MR) is 104 cm³/mol. The molecule has 1 amide bonds. The molecule has 1 unspecified atom stereocenters. The van der Waals surface area contributed by atoms with Crippen LogP contribution in [0.3, 0.4) is 0 Å². The maximum Gasteiger partial charge on any atom is 0.227 e. The second kappa shape index (κ2) is 6.88. The smallest absolute Gasteiger partial charge is 0.227 e. The van der Waals surface area contributed by atoms with E-state index in [0.717, 1.165) is 67.8 Å². The van der Waals surface area contributed by atoms with Gasteiger partial charge in [-0.05, 0) is 32.1 Å². The molecule has 3 aromatic heterocycles. The molecule has 3 aromatic rings. The zero-order chi connectivity index (χ0) is 19.1. The van der Waals surface area contributed by atoms with Gasteiger partial charge in [0.05, 0.1) is 17.9 Å². The second-order valence-electron chi connectivity index (χ2n) is 7.72. The van der Waals surface area contributed by atoms with Gasteiger partial charge in [0.2, 0.25) is 5.91 Å². The van der Waals surface area contributed by atoms with Crippen LogP contribution in [-0.4, -0.2) is 54.8 Å². The number of anilines is 1. The SMILES string of the molecule is Cn1cc2c(n1)CCCC2C(=O)NC1CCN(c2ncnc3nc[nH]c23)CC1. The van der Waals surface area contributed by atoms with Crippen molar-refractivity contribution >= 4 is 22.9 Å². The largest absolute Gasteiger partial charge is 0.355 e. The highest BCUT2D eigenvalue weighted by atomic mass is 16.2. The summed E-state index contributed by atoms with van der Waals surface area (Å²) in [6, 6.07) is 0.199.